The summed E-state index contributed by atoms with van der Waals surface area (Å²) in [4.78, 5) is 41.5. The maximum absolute atomic E-state index is 12.5. The predicted molar refractivity (Wildman–Crippen MR) is 152 cm³/mol. The van der Waals surface area contributed by atoms with Crippen LogP contribution in [0.4, 0.5) is 9.59 Å². The number of ether oxygens (including phenoxy) is 2. The molecule has 1 aliphatic heterocycles. The van der Waals surface area contributed by atoms with Crippen LogP contribution < -0.4 is 26.4 Å². The van der Waals surface area contributed by atoms with Gasteiger partial charge in [-0.25, -0.2) is 23.1 Å². The maximum atomic E-state index is 12.5. The molecule has 1 heterocycles. The molecular weight excluding hydrogens is 552 g/mol. The van der Waals surface area contributed by atoms with E-state index in [1.54, 1.807) is 24.3 Å². The minimum Gasteiger partial charge on any atom is -0.444 e. The monoisotopic (exact) mass is 588 g/mol. The van der Waals surface area contributed by atoms with Crippen molar-refractivity contribution in [3.05, 3.63) is 71.8 Å². The summed E-state index contributed by atoms with van der Waals surface area (Å²) in [7, 11) is -3.85. The largest absolute Gasteiger partial charge is 0.444 e. The fourth-order valence-corrected chi connectivity index (χ4v) is 4.85. The van der Waals surface area contributed by atoms with Crippen molar-refractivity contribution in [1.29, 1.82) is 0 Å². The Labute approximate surface area is 239 Å². The molecule has 0 saturated carbocycles. The molecule has 0 unspecified atom stereocenters. The number of rotatable bonds is 12. The highest BCUT2D eigenvalue weighted by molar-refractivity contribution is 7.89. The third kappa shape index (κ3) is 12.8. The molecule has 0 radical (unpaired) electrons. The van der Waals surface area contributed by atoms with Crippen molar-refractivity contribution in [2.45, 2.75) is 51.0 Å². The zero-order chi connectivity index (χ0) is 29.5. The summed E-state index contributed by atoms with van der Waals surface area (Å²) in [6.07, 6.45) is 0.377. The number of nitrogens with zero attached hydrogens (tertiary/aromatic N) is 1. The van der Waals surface area contributed by atoms with Crippen LogP contribution in [0.15, 0.2) is 65.7 Å². The molecule has 41 heavy (non-hydrogen) atoms. The zero-order valence-corrected chi connectivity index (χ0v) is 23.4. The molecular formula is C27H36N6O7S. The van der Waals surface area contributed by atoms with Crippen molar-refractivity contribution in [1.82, 2.24) is 21.3 Å². The van der Waals surface area contributed by atoms with E-state index >= 15 is 0 Å². The second-order valence-corrected chi connectivity index (χ2v) is 11.1. The van der Waals surface area contributed by atoms with E-state index in [0.29, 0.717) is 12.8 Å². The third-order valence-electron chi connectivity index (χ3n) is 6.00. The van der Waals surface area contributed by atoms with Crippen LogP contribution in [0.2, 0.25) is 0 Å². The molecule has 0 aromatic heterocycles. The van der Waals surface area contributed by atoms with Crippen molar-refractivity contribution in [3.8, 4) is 0 Å². The average molecular weight is 589 g/mol. The molecule has 1 aliphatic rings. The summed E-state index contributed by atoms with van der Waals surface area (Å²) in [6.45, 7) is 0.801. The fraction of sp³-hybridized carbons (Fsp3) is 0.407. The second kappa shape index (κ2) is 16.3. The van der Waals surface area contributed by atoms with Gasteiger partial charge < -0.3 is 20.1 Å². The summed E-state index contributed by atoms with van der Waals surface area (Å²) in [5.74, 6) is -0.926. The first kappa shape index (κ1) is 31.5. The van der Waals surface area contributed by atoms with E-state index in [1.165, 1.54) is 0 Å². The number of nitrogens with two attached hydrogens (primary N) is 1. The molecule has 1 saturated heterocycles. The normalized spacial score (nSPS) is 15.3. The quantitative estimate of drug-likeness (QED) is 0.140. The molecule has 2 aromatic carbocycles. The number of hydrogen-bond donors (Lipinski definition) is 5. The van der Waals surface area contributed by atoms with Gasteiger partial charge in [-0.2, -0.15) is 0 Å². The Bertz CT molecular complexity index is 1210. The number of sulfonamides is 1. The number of primary sulfonamides is 1. The zero-order valence-electron chi connectivity index (χ0n) is 22.6. The van der Waals surface area contributed by atoms with Crippen LogP contribution in [0.5, 0.6) is 0 Å². The summed E-state index contributed by atoms with van der Waals surface area (Å²) < 4.78 is 33.8. The summed E-state index contributed by atoms with van der Waals surface area (Å²) in [5.41, 5.74) is 1.54. The van der Waals surface area contributed by atoms with Gasteiger partial charge in [0.05, 0.1) is 11.8 Å². The van der Waals surface area contributed by atoms with Crippen molar-refractivity contribution in [3.63, 3.8) is 0 Å². The first-order chi connectivity index (χ1) is 19.7. The molecule has 0 aliphatic carbocycles. The predicted octanol–water partition coefficient (Wildman–Crippen LogP) is 1.50. The second-order valence-electron chi connectivity index (χ2n) is 9.43. The van der Waals surface area contributed by atoms with E-state index in [-0.39, 0.29) is 44.1 Å². The number of aliphatic imine (C=N–C) groups is 1. The maximum Gasteiger partial charge on any atom is 0.414 e. The van der Waals surface area contributed by atoms with Crippen LogP contribution >= 0.6 is 0 Å². The number of alkyl carbamates (subject to hydrolysis) is 2. The molecule has 2 aromatic rings. The fourth-order valence-electron chi connectivity index (χ4n) is 4.04. The lowest BCUT2D eigenvalue weighted by Crippen LogP contribution is -2.48. The van der Waals surface area contributed by atoms with Crippen LogP contribution in [0, 0.1) is 0 Å². The molecule has 222 valence electrons. The van der Waals surface area contributed by atoms with Gasteiger partial charge in [0.15, 0.2) is 0 Å². The Balaban J connectivity index is 1.57. The van der Waals surface area contributed by atoms with E-state index in [2.05, 4.69) is 26.3 Å². The van der Waals surface area contributed by atoms with E-state index in [0.717, 1.165) is 24.1 Å². The van der Waals surface area contributed by atoms with Gasteiger partial charge in [0.1, 0.15) is 13.2 Å². The van der Waals surface area contributed by atoms with Gasteiger partial charge in [-0.1, -0.05) is 60.7 Å². The van der Waals surface area contributed by atoms with Crippen LogP contribution in [-0.2, 0) is 37.5 Å². The van der Waals surface area contributed by atoms with Crippen LogP contribution in [-0.4, -0.2) is 63.4 Å². The van der Waals surface area contributed by atoms with Gasteiger partial charge in [0.2, 0.25) is 21.9 Å². The number of benzene rings is 2. The smallest absolute Gasteiger partial charge is 0.414 e. The Morgan fingerprint density at radius 1 is 0.951 bits per heavy atom. The Kier molecular flexibility index (Phi) is 12.5. The summed E-state index contributed by atoms with van der Waals surface area (Å²) in [6, 6.07) is 17.0. The molecule has 0 bridgehead atoms. The topological polar surface area (TPSA) is 190 Å². The summed E-state index contributed by atoms with van der Waals surface area (Å²) in [5, 5.41) is 15.8. The SMILES string of the molecule is NS(=O)(=O)C[C@H](CCCN=C(NC(=O)OCc1ccccc1)NC(=O)OCc1ccccc1)NC(=O)[C@@H]1CCCN1. The lowest BCUT2D eigenvalue weighted by Gasteiger charge is -2.20. The highest BCUT2D eigenvalue weighted by atomic mass is 32.2. The molecule has 6 N–H and O–H groups in total. The Morgan fingerprint density at radius 2 is 1.51 bits per heavy atom. The van der Waals surface area contributed by atoms with E-state index in [4.69, 9.17) is 14.6 Å². The number of carbonyl (C=O) groups is 3. The van der Waals surface area contributed by atoms with Gasteiger partial charge in [-0.3, -0.25) is 20.4 Å². The highest BCUT2D eigenvalue weighted by Crippen LogP contribution is 2.08. The first-order valence-electron chi connectivity index (χ1n) is 13.2. The van der Waals surface area contributed by atoms with Crippen LogP contribution in [0.25, 0.3) is 0 Å². The number of nitrogens with one attached hydrogen (secondary N) is 4. The van der Waals surface area contributed by atoms with E-state index in [9.17, 15) is 22.8 Å². The first-order valence-corrected chi connectivity index (χ1v) is 14.9. The van der Waals surface area contributed by atoms with Crippen molar-refractivity contribution in [2.24, 2.45) is 10.1 Å². The molecule has 3 rings (SSSR count). The van der Waals surface area contributed by atoms with Gasteiger partial charge in [-0.15, -0.1) is 0 Å². The number of hydrogen-bond acceptors (Lipinski definition) is 9. The van der Waals surface area contributed by atoms with Crippen molar-refractivity contribution >= 4 is 34.1 Å². The highest BCUT2D eigenvalue weighted by Gasteiger charge is 2.25. The molecule has 14 heteroatoms. The van der Waals surface area contributed by atoms with Crippen molar-refractivity contribution < 1.29 is 32.3 Å². The number of carbonyl (C=O) groups excluding carboxylic acids is 3. The standard InChI is InChI=1S/C27H36N6O7S/c28-41(37,38)19-22(31-24(34)23-14-8-15-29-23)13-7-16-30-25(32-26(35)39-17-20-9-3-1-4-10-20)33-27(36)40-18-21-11-5-2-6-12-21/h1-6,9-12,22-23,29H,7-8,13-19H2,(H,31,34)(H2,28,37,38)(H2,30,32,33,35,36)/t22-,23-/m0/s1. The number of amides is 3. The minimum atomic E-state index is -3.85. The lowest BCUT2D eigenvalue weighted by molar-refractivity contribution is -0.123. The molecule has 0 spiro atoms. The molecule has 2 atom stereocenters. The van der Waals surface area contributed by atoms with E-state index < -0.39 is 34.0 Å². The molecule has 3 amide bonds. The van der Waals surface area contributed by atoms with Gasteiger partial charge >= 0.3 is 12.2 Å². The van der Waals surface area contributed by atoms with Crippen LogP contribution in [0.3, 0.4) is 0 Å². The van der Waals surface area contributed by atoms with E-state index in [1.807, 2.05) is 36.4 Å². The van der Waals surface area contributed by atoms with Crippen molar-refractivity contribution in [2.75, 3.05) is 18.8 Å². The Hall–Kier alpha value is -4.01. The molecule has 1 fully saturated rings. The average Bonchev–Trinajstić information content (AvgIpc) is 3.49. The van der Waals surface area contributed by atoms with Gasteiger partial charge in [0.25, 0.3) is 0 Å². The van der Waals surface area contributed by atoms with Gasteiger partial charge in [0, 0.05) is 12.6 Å². The lowest BCUT2D eigenvalue weighted by atomic mass is 10.1. The third-order valence-corrected chi connectivity index (χ3v) is 6.87. The number of guanidine groups is 1. The minimum absolute atomic E-state index is 0.00317. The van der Waals surface area contributed by atoms with Gasteiger partial charge in [-0.05, 0) is 43.4 Å². The molecule has 13 nitrogen and oxygen atoms in total. The van der Waals surface area contributed by atoms with Crippen LogP contribution in [0.1, 0.15) is 36.8 Å². The summed E-state index contributed by atoms with van der Waals surface area (Å²) >= 11 is 0. The Morgan fingerprint density at radius 3 is 2.00 bits per heavy atom.